The van der Waals surface area contributed by atoms with Gasteiger partial charge in [-0.25, -0.2) is 0 Å². The minimum absolute atomic E-state index is 0.613. The van der Waals surface area contributed by atoms with Crippen molar-refractivity contribution in [2.24, 2.45) is 5.16 Å². The molecule has 0 radical (unpaired) electrons. The van der Waals surface area contributed by atoms with Gasteiger partial charge in [-0.1, -0.05) is 65.8 Å². The smallest absolute Gasteiger partial charge is 0.129 e. The van der Waals surface area contributed by atoms with E-state index in [2.05, 4.69) is 52.5 Å². The largest absolute Gasteiger partial charge is 0.394 e. The fourth-order valence-corrected chi connectivity index (χ4v) is 2.32. The van der Waals surface area contributed by atoms with Crippen molar-refractivity contribution in [2.75, 3.05) is 27.2 Å². The van der Waals surface area contributed by atoms with E-state index in [1.54, 1.807) is 0 Å². The lowest BCUT2D eigenvalue weighted by Gasteiger charge is -2.10. The number of aryl methyl sites for hydroxylation is 1. The third-order valence-corrected chi connectivity index (χ3v) is 3.63. The van der Waals surface area contributed by atoms with Gasteiger partial charge in [-0.15, -0.1) is 0 Å². The zero-order valence-corrected chi connectivity index (χ0v) is 14.1. The summed E-state index contributed by atoms with van der Waals surface area (Å²) in [5.41, 5.74) is 3.54. The van der Waals surface area contributed by atoms with Crippen molar-refractivity contribution < 1.29 is 4.84 Å². The van der Waals surface area contributed by atoms with E-state index in [-0.39, 0.29) is 0 Å². The van der Waals surface area contributed by atoms with E-state index in [1.807, 2.05) is 32.3 Å². The predicted molar refractivity (Wildman–Crippen MR) is 96.9 cm³/mol. The van der Waals surface area contributed by atoms with Crippen LogP contribution in [0.15, 0.2) is 65.8 Å². The summed E-state index contributed by atoms with van der Waals surface area (Å²) in [4.78, 5) is 7.60. The highest BCUT2D eigenvalue weighted by molar-refractivity contribution is 6.00. The molecule has 2 aromatic carbocycles. The number of rotatable bonds is 9. The van der Waals surface area contributed by atoms with Gasteiger partial charge in [0.05, 0.1) is 5.71 Å². The lowest BCUT2D eigenvalue weighted by Crippen LogP contribution is -2.17. The highest BCUT2D eigenvalue weighted by atomic mass is 16.6. The fourth-order valence-electron chi connectivity index (χ4n) is 2.32. The van der Waals surface area contributed by atoms with Gasteiger partial charge < -0.3 is 9.74 Å². The zero-order chi connectivity index (χ0) is 16.3. The minimum Gasteiger partial charge on any atom is -0.394 e. The summed E-state index contributed by atoms with van der Waals surface area (Å²) in [5.74, 6) is 0. The van der Waals surface area contributed by atoms with Gasteiger partial charge in [0.15, 0.2) is 0 Å². The van der Waals surface area contributed by atoms with Crippen molar-refractivity contribution >= 4 is 5.71 Å². The van der Waals surface area contributed by atoms with Crippen molar-refractivity contribution in [2.45, 2.75) is 19.3 Å². The Bertz CT molecular complexity index is 579. The number of likely N-dealkylation sites (N-methyl/N-ethyl adjacent to an activating group) is 1. The molecule has 2 rings (SSSR count). The SMILES string of the molecule is CN(C)CCON=C(CCCc1ccccc1)c1ccccc1. The molecule has 0 aliphatic carbocycles. The van der Waals surface area contributed by atoms with Crippen LogP contribution in [0, 0.1) is 0 Å². The summed E-state index contributed by atoms with van der Waals surface area (Å²) in [6, 6.07) is 20.9. The van der Waals surface area contributed by atoms with Crippen molar-refractivity contribution in [3.8, 4) is 0 Å². The Morgan fingerprint density at radius 2 is 1.61 bits per heavy atom. The van der Waals surface area contributed by atoms with E-state index in [0.717, 1.165) is 37.1 Å². The quantitative estimate of drug-likeness (QED) is 0.397. The van der Waals surface area contributed by atoms with Crippen LogP contribution in [-0.4, -0.2) is 37.9 Å². The van der Waals surface area contributed by atoms with Crippen molar-refractivity contribution in [1.29, 1.82) is 0 Å². The minimum atomic E-state index is 0.613. The van der Waals surface area contributed by atoms with Crippen LogP contribution in [-0.2, 0) is 11.3 Å². The second-order valence-corrected chi connectivity index (χ2v) is 5.88. The Balaban J connectivity index is 1.92. The van der Waals surface area contributed by atoms with Crippen LogP contribution in [0.25, 0.3) is 0 Å². The Kier molecular flexibility index (Phi) is 7.34. The topological polar surface area (TPSA) is 24.8 Å². The molecule has 0 bridgehead atoms. The molecule has 0 fully saturated rings. The zero-order valence-electron chi connectivity index (χ0n) is 14.1. The van der Waals surface area contributed by atoms with Crippen LogP contribution in [0.1, 0.15) is 24.0 Å². The Morgan fingerprint density at radius 3 is 2.26 bits per heavy atom. The number of nitrogens with zero attached hydrogens (tertiary/aromatic N) is 2. The van der Waals surface area contributed by atoms with Crippen molar-refractivity contribution in [1.82, 2.24) is 4.90 Å². The molecule has 0 amide bonds. The third-order valence-electron chi connectivity index (χ3n) is 3.63. The first-order valence-corrected chi connectivity index (χ1v) is 8.18. The molecule has 0 aromatic heterocycles. The summed E-state index contributed by atoms with van der Waals surface area (Å²) < 4.78 is 0. The van der Waals surface area contributed by atoms with Gasteiger partial charge in [0.25, 0.3) is 0 Å². The molecule has 0 N–H and O–H groups in total. The van der Waals surface area contributed by atoms with E-state index in [0.29, 0.717) is 6.61 Å². The summed E-state index contributed by atoms with van der Waals surface area (Å²) >= 11 is 0. The molecular weight excluding hydrogens is 284 g/mol. The summed E-state index contributed by atoms with van der Waals surface area (Å²) in [6.07, 6.45) is 3.04. The maximum absolute atomic E-state index is 5.51. The molecule has 0 saturated carbocycles. The maximum Gasteiger partial charge on any atom is 0.129 e. The molecule has 23 heavy (non-hydrogen) atoms. The van der Waals surface area contributed by atoms with Crippen molar-refractivity contribution in [3.63, 3.8) is 0 Å². The first-order valence-electron chi connectivity index (χ1n) is 8.18. The molecule has 0 heterocycles. The standard InChI is InChI=1S/C20H26N2O/c1-22(2)16-17-23-21-20(19-13-7-4-8-14-19)15-9-12-18-10-5-3-6-11-18/h3-8,10-11,13-14H,9,12,15-17H2,1-2H3. The highest BCUT2D eigenvalue weighted by Crippen LogP contribution is 2.11. The van der Waals surface area contributed by atoms with Gasteiger partial charge in [-0.05, 0) is 44.5 Å². The highest BCUT2D eigenvalue weighted by Gasteiger charge is 2.05. The Morgan fingerprint density at radius 1 is 0.957 bits per heavy atom. The lowest BCUT2D eigenvalue weighted by molar-refractivity contribution is 0.125. The van der Waals surface area contributed by atoms with Gasteiger partial charge in [0.1, 0.15) is 6.61 Å². The van der Waals surface area contributed by atoms with E-state index in [9.17, 15) is 0 Å². The van der Waals surface area contributed by atoms with Crippen molar-refractivity contribution in [3.05, 3.63) is 71.8 Å². The average Bonchev–Trinajstić information content (AvgIpc) is 2.58. The van der Waals surface area contributed by atoms with Crippen LogP contribution < -0.4 is 0 Å². The number of hydrogen-bond donors (Lipinski definition) is 0. The van der Waals surface area contributed by atoms with Gasteiger partial charge in [0, 0.05) is 6.54 Å². The number of benzene rings is 2. The molecular formula is C20H26N2O. The summed E-state index contributed by atoms with van der Waals surface area (Å²) in [6.45, 7) is 1.48. The first-order chi connectivity index (χ1) is 11.3. The second-order valence-electron chi connectivity index (χ2n) is 5.88. The van der Waals surface area contributed by atoms with E-state index < -0.39 is 0 Å². The van der Waals surface area contributed by atoms with E-state index in [4.69, 9.17) is 4.84 Å². The maximum atomic E-state index is 5.51. The van der Waals surface area contributed by atoms with Crippen LogP contribution in [0.4, 0.5) is 0 Å². The third kappa shape index (κ3) is 6.66. The van der Waals surface area contributed by atoms with E-state index in [1.165, 1.54) is 5.56 Å². The first kappa shape index (κ1) is 17.2. The van der Waals surface area contributed by atoms with Crippen LogP contribution in [0.5, 0.6) is 0 Å². The monoisotopic (exact) mass is 310 g/mol. The fraction of sp³-hybridized carbons (Fsp3) is 0.350. The van der Waals surface area contributed by atoms with Gasteiger partial charge in [0.2, 0.25) is 0 Å². The molecule has 0 aliphatic rings. The van der Waals surface area contributed by atoms with Gasteiger partial charge in [-0.2, -0.15) is 0 Å². The molecule has 0 spiro atoms. The molecule has 0 atom stereocenters. The molecule has 2 aromatic rings. The van der Waals surface area contributed by atoms with Gasteiger partial charge >= 0.3 is 0 Å². The van der Waals surface area contributed by atoms with Crippen LogP contribution >= 0.6 is 0 Å². The average molecular weight is 310 g/mol. The lowest BCUT2D eigenvalue weighted by atomic mass is 10.0. The number of hydrogen-bond acceptors (Lipinski definition) is 3. The summed E-state index contributed by atoms with van der Waals surface area (Å²) in [5, 5.41) is 4.39. The number of oxime groups is 1. The molecule has 0 aliphatic heterocycles. The molecule has 0 unspecified atom stereocenters. The predicted octanol–water partition coefficient (Wildman–Crippen LogP) is 3.99. The Hall–Kier alpha value is -2.13. The normalized spacial score (nSPS) is 11.7. The van der Waals surface area contributed by atoms with Crippen LogP contribution in [0.3, 0.4) is 0 Å². The molecule has 3 nitrogen and oxygen atoms in total. The van der Waals surface area contributed by atoms with Gasteiger partial charge in [-0.3, -0.25) is 0 Å². The van der Waals surface area contributed by atoms with E-state index >= 15 is 0 Å². The second kappa shape index (κ2) is 9.80. The molecule has 122 valence electrons. The Labute approximate surface area is 139 Å². The molecule has 0 saturated heterocycles. The summed E-state index contributed by atoms with van der Waals surface area (Å²) in [7, 11) is 4.07. The van der Waals surface area contributed by atoms with Crippen LogP contribution in [0.2, 0.25) is 0 Å². The molecule has 3 heteroatoms.